The molecule has 8 atom stereocenters. The number of carbonyl (C=O) groups excluding carboxylic acids is 2. The smallest absolute Gasteiger partial charge is 0.334 e. The van der Waals surface area contributed by atoms with E-state index in [9.17, 15) is 9.59 Å². The number of aliphatic imine (C=N–C) groups is 2. The van der Waals surface area contributed by atoms with Crippen molar-refractivity contribution in [2.45, 2.75) is 127 Å². The summed E-state index contributed by atoms with van der Waals surface area (Å²) in [6.07, 6.45) is 19.7. The molecule has 0 unspecified atom stereocenters. The molecule has 8 heteroatoms. The maximum atomic E-state index is 12.2. The minimum Gasteiger partial charge on any atom is -0.455 e. The van der Waals surface area contributed by atoms with Gasteiger partial charge in [0.1, 0.15) is 24.4 Å². The number of carbonyl (C=O) groups is 2. The number of epoxide rings is 2. The lowest BCUT2D eigenvalue weighted by atomic mass is 9.84. The highest BCUT2D eigenvalue weighted by Gasteiger charge is 2.62. The van der Waals surface area contributed by atoms with E-state index in [0.29, 0.717) is 11.1 Å². The highest BCUT2D eigenvalue weighted by atomic mass is 16.7. The van der Waals surface area contributed by atoms with Gasteiger partial charge in [-0.2, -0.15) is 0 Å². The van der Waals surface area contributed by atoms with E-state index in [1.165, 1.54) is 11.1 Å². The summed E-state index contributed by atoms with van der Waals surface area (Å²) in [5.74, 6) is -0.497. The Kier molecular flexibility index (Phi) is 9.12. The van der Waals surface area contributed by atoms with Gasteiger partial charge in [-0.25, -0.2) is 9.59 Å². The monoisotopic (exact) mass is 604 g/mol. The average molecular weight is 605 g/mol. The fourth-order valence-corrected chi connectivity index (χ4v) is 7.52. The Morgan fingerprint density at radius 2 is 1.18 bits per heavy atom. The maximum Gasteiger partial charge on any atom is 0.334 e. The Balaban J connectivity index is 0.896. The maximum absolute atomic E-state index is 12.2. The quantitative estimate of drug-likeness (QED) is 0.102. The Labute approximate surface area is 261 Å². The van der Waals surface area contributed by atoms with Crippen molar-refractivity contribution in [2.75, 3.05) is 13.1 Å². The Morgan fingerprint density at radius 3 is 1.61 bits per heavy atom. The first-order valence-corrected chi connectivity index (χ1v) is 16.7. The number of rotatable bonds is 9. The van der Waals surface area contributed by atoms with Gasteiger partial charge >= 0.3 is 11.9 Å². The highest BCUT2D eigenvalue weighted by Crippen LogP contribution is 2.51. The van der Waals surface area contributed by atoms with Crippen LogP contribution in [-0.4, -0.2) is 73.1 Å². The number of esters is 2. The Hall–Kier alpha value is -2.84. The first-order valence-electron chi connectivity index (χ1n) is 16.7. The van der Waals surface area contributed by atoms with Crippen molar-refractivity contribution in [3.63, 3.8) is 0 Å². The average Bonchev–Trinajstić information content (AvgIpc) is 3.80. The molecule has 0 radical (unpaired) electrons. The molecule has 4 aliphatic heterocycles. The molecule has 0 aromatic carbocycles. The number of allylic oxidation sites excluding steroid dienone is 4. The fourth-order valence-electron chi connectivity index (χ4n) is 7.52. The first-order chi connectivity index (χ1) is 21.2. The highest BCUT2D eigenvalue weighted by molar-refractivity contribution is 5.91. The van der Waals surface area contributed by atoms with Crippen LogP contribution in [0.15, 0.2) is 57.6 Å². The van der Waals surface area contributed by atoms with Crippen LogP contribution in [0, 0.1) is 11.8 Å². The van der Waals surface area contributed by atoms with Crippen LogP contribution in [0.5, 0.6) is 0 Å². The molecule has 6 rings (SSSR count). The molecule has 2 aliphatic carbocycles. The standard InChI is InChI=1S/C36H48N2O6/c1-23-27-15-13-25(11-9-17-35(3)31(43-35)29(27)41-33(23)39)21-37-19-7-5-6-8-20-38-22-26-12-10-18-36(4)32(44-36)30-28(16-14-26)24(2)34(40)42-30/h11-12,21-22,27-32H,1-2,5-10,13-20H2,3-4H3/b25-11+,26-12+,37-21?,38-22?/t27-,28-,29-,30-,31-,32-,35+,36+/m0/s1. The van der Waals surface area contributed by atoms with Crippen molar-refractivity contribution in [3.8, 4) is 0 Å². The molecule has 0 aromatic rings. The van der Waals surface area contributed by atoms with Gasteiger partial charge in [-0.05, 0) is 89.2 Å². The van der Waals surface area contributed by atoms with E-state index >= 15 is 0 Å². The fraction of sp³-hybridized carbons (Fsp3) is 0.667. The van der Waals surface area contributed by atoms with Gasteiger partial charge in [0, 0.05) is 48.5 Å². The van der Waals surface area contributed by atoms with Crippen LogP contribution in [0.25, 0.3) is 0 Å². The minimum atomic E-state index is -0.270. The van der Waals surface area contributed by atoms with Gasteiger partial charge in [0.05, 0.1) is 11.2 Å². The van der Waals surface area contributed by atoms with Crippen LogP contribution in [0.4, 0.5) is 0 Å². The van der Waals surface area contributed by atoms with Gasteiger partial charge in [0.15, 0.2) is 0 Å². The molecule has 0 N–H and O–H groups in total. The van der Waals surface area contributed by atoms with Crippen molar-refractivity contribution in [1.82, 2.24) is 0 Å². The second kappa shape index (κ2) is 12.9. The lowest BCUT2D eigenvalue weighted by Crippen LogP contribution is -2.28. The second-order valence-electron chi connectivity index (χ2n) is 13.9. The minimum absolute atomic E-state index is 0.00782. The van der Waals surface area contributed by atoms with Crippen molar-refractivity contribution >= 4 is 24.4 Å². The third kappa shape index (κ3) is 6.71. The summed E-state index contributed by atoms with van der Waals surface area (Å²) in [7, 11) is 0. The third-order valence-corrected chi connectivity index (χ3v) is 10.6. The number of hydrogen-bond donors (Lipinski definition) is 0. The Morgan fingerprint density at radius 1 is 0.750 bits per heavy atom. The summed E-state index contributed by atoms with van der Waals surface area (Å²) in [4.78, 5) is 33.8. The van der Waals surface area contributed by atoms with E-state index in [2.05, 4.69) is 39.2 Å². The van der Waals surface area contributed by atoms with Crippen LogP contribution >= 0.6 is 0 Å². The molecule has 0 saturated carbocycles. The van der Waals surface area contributed by atoms with Crippen LogP contribution in [0.3, 0.4) is 0 Å². The van der Waals surface area contributed by atoms with E-state index in [-0.39, 0.29) is 59.4 Å². The van der Waals surface area contributed by atoms with Crippen molar-refractivity contribution in [3.05, 3.63) is 47.6 Å². The topological polar surface area (TPSA) is 102 Å². The summed E-state index contributed by atoms with van der Waals surface area (Å²) in [5, 5.41) is 0. The van der Waals surface area contributed by atoms with E-state index in [4.69, 9.17) is 28.9 Å². The molecule has 0 spiro atoms. The first kappa shape index (κ1) is 31.2. The zero-order chi connectivity index (χ0) is 30.9. The summed E-state index contributed by atoms with van der Waals surface area (Å²) in [5.41, 5.74) is 3.21. The number of hydrogen-bond acceptors (Lipinski definition) is 8. The summed E-state index contributed by atoms with van der Waals surface area (Å²) >= 11 is 0. The van der Waals surface area contributed by atoms with Crippen LogP contribution < -0.4 is 0 Å². The molecule has 4 fully saturated rings. The van der Waals surface area contributed by atoms with Crippen molar-refractivity contribution in [1.29, 1.82) is 0 Å². The largest absolute Gasteiger partial charge is 0.455 e. The lowest BCUT2D eigenvalue weighted by molar-refractivity contribution is -0.140. The summed E-state index contributed by atoms with van der Waals surface area (Å²) in [6, 6.07) is 0. The van der Waals surface area contributed by atoms with Crippen molar-refractivity contribution < 1.29 is 28.5 Å². The SMILES string of the molecule is C=C1C(=O)O[C@H]2[C@H]1CC/C(C=NCCCCCCN=C/C1=C/CC[C@@]3(C)O[C@H]3[C@H]3OC(=O)C(=C)[C@@H]3CC1)=C\CC[C@@]1(C)O[C@@H]21. The van der Waals surface area contributed by atoms with E-state index in [1.807, 2.05) is 12.4 Å². The van der Waals surface area contributed by atoms with Crippen LogP contribution in [0.2, 0.25) is 0 Å². The van der Waals surface area contributed by atoms with Gasteiger partial charge in [0.25, 0.3) is 0 Å². The molecule has 4 saturated heterocycles. The van der Waals surface area contributed by atoms with Gasteiger partial charge in [-0.3, -0.25) is 9.98 Å². The van der Waals surface area contributed by atoms with Gasteiger partial charge in [-0.15, -0.1) is 0 Å². The number of ether oxygens (including phenoxy) is 4. The molecule has 0 aromatic heterocycles. The van der Waals surface area contributed by atoms with Crippen LogP contribution in [-0.2, 0) is 28.5 Å². The molecular weight excluding hydrogens is 556 g/mol. The Bertz CT molecular complexity index is 1200. The molecule has 8 nitrogen and oxygen atoms in total. The zero-order valence-corrected chi connectivity index (χ0v) is 26.4. The number of unbranched alkanes of at least 4 members (excludes halogenated alkanes) is 3. The zero-order valence-electron chi connectivity index (χ0n) is 26.4. The number of fused-ring (bicyclic) bond motifs is 6. The molecule has 44 heavy (non-hydrogen) atoms. The predicted molar refractivity (Wildman–Crippen MR) is 170 cm³/mol. The number of nitrogens with zero attached hydrogens (tertiary/aromatic N) is 2. The lowest BCUT2D eigenvalue weighted by Gasteiger charge is -2.19. The van der Waals surface area contributed by atoms with E-state index in [1.54, 1.807) is 0 Å². The van der Waals surface area contributed by atoms with Crippen molar-refractivity contribution in [2.24, 2.45) is 21.8 Å². The second-order valence-corrected chi connectivity index (χ2v) is 13.9. The molecule has 0 bridgehead atoms. The normalized spacial score (nSPS) is 41.0. The van der Waals surface area contributed by atoms with Gasteiger partial charge in [-0.1, -0.05) is 38.2 Å². The predicted octanol–water partition coefficient (Wildman–Crippen LogP) is 6.20. The molecule has 238 valence electrons. The molecule has 6 aliphatic rings. The van der Waals surface area contributed by atoms with E-state index in [0.717, 1.165) is 90.1 Å². The van der Waals surface area contributed by atoms with Crippen LogP contribution in [0.1, 0.15) is 90.9 Å². The van der Waals surface area contributed by atoms with Gasteiger partial charge in [0.2, 0.25) is 0 Å². The molecular formula is C36H48N2O6. The van der Waals surface area contributed by atoms with Gasteiger partial charge < -0.3 is 18.9 Å². The summed E-state index contributed by atoms with van der Waals surface area (Å²) < 4.78 is 23.3. The summed E-state index contributed by atoms with van der Waals surface area (Å²) in [6.45, 7) is 13.9. The molecule has 0 amide bonds. The molecule has 4 heterocycles. The third-order valence-electron chi connectivity index (χ3n) is 10.6. The van der Waals surface area contributed by atoms with E-state index < -0.39 is 0 Å².